The van der Waals surface area contributed by atoms with E-state index in [1.165, 1.54) is 6.08 Å². The number of aliphatic hydroxyl groups excluding tert-OH is 1. The van der Waals surface area contributed by atoms with Gasteiger partial charge in [-0.3, -0.25) is 0 Å². The third-order valence-electron chi connectivity index (χ3n) is 0.539. The van der Waals surface area contributed by atoms with Crippen molar-refractivity contribution in [3.63, 3.8) is 0 Å². The number of rotatable bonds is 2. The monoisotopic (exact) mass is 102 g/mol. The first kappa shape index (κ1) is 6.34. The Hall–Kier alpha value is -0.660. The number of aliphatic hydroxyl groups is 1. The molecule has 0 aromatic heterocycles. The van der Waals surface area contributed by atoms with Gasteiger partial charge in [0, 0.05) is 0 Å². The molecule has 2 nitrogen and oxygen atoms in total. The molecule has 1 N–H and O–H groups in total. The first-order valence-electron chi connectivity index (χ1n) is 2.29. The van der Waals surface area contributed by atoms with E-state index < -0.39 is 0 Å². The Morgan fingerprint density at radius 2 is 2.43 bits per heavy atom. The zero-order valence-corrected chi connectivity index (χ0v) is 4.64. The molecule has 42 valence electrons. The first-order chi connectivity index (χ1) is 3.31. The van der Waals surface area contributed by atoms with Crippen molar-refractivity contribution in [2.75, 3.05) is 6.61 Å². The second-order valence-electron chi connectivity index (χ2n) is 1.06. The van der Waals surface area contributed by atoms with Crippen LogP contribution >= 0.6 is 0 Å². The van der Waals surface area contributed by atoms with Crippen molar-refractivity contribution in [3.8, 4) is 0 Å². The maximum atomic E-state index is 8.50. The summed E-state index contributed by atoms with van der Waals surface area (Å²) in [4.78, 5) is 0. The summed E-state index contributed by atoms with van der Waals surface area (Å²) >= 11 is 0. The van der Waals surface area contributed by atoms with Crippen molar-refractivity contribution >= 4 is 0 Å². The van der Waals surface area contributed by atoms with Gasteiger partial charge in [0.15, 0.2) is 0 Å². The van der Waals surface area contributed by atoms with Crippen LogP contribution in [0.1, 0.15) is 13.8 Å². The fraction of sp³-hybridized carbons (Fsp3) is 0.600. The van der Waals surface area contributed by atoms with E-state index in [2.05, 4.69) is 4.74 Å². The molecule has 0 bridgehead atoms. The van der Waals surface area contributed by atoms with Crippen LogP contribution in [0.15, 0.2) is 12.0 Å². The van der Waals surface area contributed by atoms with Crippen molar-refractivity contribution in [1.82, 2.24) is 0 Å². The number of hydrogen-bond acceptors (Lipinski definition) is 2. The van der Waals surface area contributed by atoms with Gasteiger partial charge in [-0.2, -0.15) is 0 Å². The lowest BCUT2D eigenvalue weighted by Gasteiger charge is -1.95. The van der Waals surface area contributed by atoms with Crippen molar-refractivity contribution < 1.29 is 9.84 Å². The van der Waals surface area contributed by atoms with Gasteiger partial charge in [-0.1, -0.05) is 0 Å². The topological polar surface area (TPSA) is 29.5 Å². The van der Waals surface area contributed by atoms with Crippen LogP contribution in [0.25, 0.3) is 0 Å². The maximum absolute atomic E-state index is 8.50. The van der Waals surface area contributed by atoms with Crippen molar-refractivity contribution in [2.24, 2.45) is 0 Å². The molecule has 0 aliphatic rings. The van der Waals surface area contributed by atoms with Gasteiger partial charge in [-0.25, -0.2) is 0 Å². The third-order valence-corrected chi connectivity index (χ3v) is 0.539. The zero-order chi connectivity index (χ0) is 5.70. The molecule has 0 radical (unpaired) electrons. The minimum atomic E-state index is 0.00231. The summed E-state index contributed by atoms with van der Waals surface area (Å²) in [6, 6.07) is 0. The van der Waals surface area contributed by atoms with E-state index in [1.807, 2.05) is 6.92 Å². The Morgan fingerprint density at radius 3 is 2.57 bits per heavy atom. The second-order valence-corrected chi connectivity index (χ2v) is 1.06. The molecule has 0 aromatic rings. The molecule has 0 amide bonds. The summed E-state index contributed by atoms with van der Waals surface area (Å²) < 4.78 is 4.61. The Bertz CT molecular complexity index is 66.5. The lowest BCUT2D eigenvalue weighted by molar-refractivity contribution is 0.102. The van der Waals surface area contributed by atoms with Crippen LogP contribution in [0.3, 0.4) is 0 Å². The minimum absolute atomic E-state index is 0.00231. The lowest BCUT2D eigenvalue weighted by atomic mass is 10.7. The fourth-order valence-electron chi connectivity index (χ4n) is 0.231. The molecule has 0 unspecified atom stereocenters. The normalized spacial score (nSPS) is 11.4. The summed E-state index contributed by atoms with van der Waals surface area (Å²) in [5, 5.41) is 8.50. The molecular formula is C5H10O2. The SMILES string of the molecule is C/C=C(/O)OCC. The van der Waals surface area contributed by atoms with E-state index in [0.717, 1.165) is 0 Å². The molecule has 0 spiro atoms. The highest BCUT2D eigenvalue weighted by Crippen LogP contribution is 1.86. The average Bonchev–Trinajstić information content (AvgIpc) is 1.68. The van der Waals surface area contributed by atoms with Crippen LogP contribution in [-0.2, 0) is 4.74 Å². The molecule has 0 heterocycles. The minimum Gasteiger partial charge on any atom is -0.481 e. The van der Waals surface area contributed by atoms with Gasteiger partial charge in [-0.05, 0) is 19.9 Å². The summed E-state index contributed by atoms with van der Waals surface area (Å²) in [5.41, 5.74) is 0. The molecule has 0 aliphatic carbocycles. The van der Waals surface area contributed by atoms with Crippen LogP contribution in [-0.4, -0.2) is 11.7 Å². The Balaban J connectivity index is 3.17. The van der Waals surface area contributed by atoms with E-state index in [-0.39, 0.29) is 5.95 Å². The highest BCUT2D eigenvalue weighted by atomic mass is 16.6. The first-order valence-corrected chi connectivity index (χ1v) is 2.29. The van der Waals surface area contributed by atoms with Crippen molar-refractivity contribution in [3.05, 3.63) is 12.0 Å². The smallest absolute Gasteiger partial charge is 0.272 e. The Morgan fingerprint density at radius 1 is 1.86 bits per heavy atom. The van der Waals surface area contributed by atoms with Gasteiger partial charge in [-0.15, -0.1) is 0 Å². The molecule has 0 atom stereocenters. The summed E-state index contributed by atoms with van der Waals surface area (Å²) in [5.74, 6) is 0.00231. The van der Waals surface area contributed by atoms with E-state index >= 15 is 0 Å². The summed E-state index contributed by atoms with van der Waals surface area (Å²) in [6.45, 7) is 4.06. The Kier molecular flexibility index (Phi) is 3.19. The van der Waals surface area contributed by atoms with Crippen LogP contribution in [0.2, 0.25) is 0 Å². The predicted octanol–water partition coefficient (Wildman–Crippen LogP) is 1.44. The van der Waals surface area contributed by atoms with Gasteiger partial charge in [0.1, 0.15) is 0 Å². The summed E-state index contributed by atoms with van der Waals surface area (Å²) in [6.07, 6.45) is 1.50. The predicted molar refractivity (Wildman–Crippen MR) is 28.0 cm³/mol. The van der Waals surface area contributed by atoms with Crippen molar-refractivity contribution in [2.45, 2.75) is 13.8 Å². The molecule has 0 aromatic carbocycles. The molecule has 2 heteroatoms. The number of ether oxygens (including phenoxy) is 1. The fourth-order valence-corrected chi connectivity index (χ4v) is 0.231. The van der Waals surface area contributed by atoms with E-state index in [4.69, 9.17) is 5.11 Å². The molecule has 0 saturated carbocycles. The highest BCUT2D eigenvalue weighted by Gasteiger charge is 1.81. The maximum Gasteiger partial charge on any atom is 0.272 e. The lowest BCUT2D eigenvalue weighted by Crippen LogP contribution is -1.87. The average molecular weight is 102 g/mol. The Labute approximate surface area is 43.4 Å². The van der Waals surface area contributed by atoms with Crippen molar-refractivity contribution in [1.29, 1.82) is 0 Å². The van der Waals surface area contributed by atoms with Gasteiger partial charge in [0.2, 0.25) is 0 Å². The molecule has 0 rings (SSSR count). The van der Waals surface area contributed by atoms with Crippen LogP contribution < -0.4 is 0 Å². The van der Waals surface area contributed by atoms with Crippen LogP contribution in [0.4, 0.5) is 0 Å². The zero-order valence-electron chi connectivity index (χ0n) is 4.64. The van der Waals surface area contributed by atoms with Gasteiger partial charge in [0.25, 0.3) is 5.95 Å². The van der Waals surface area contributed by atoms with Gasteiger partial charge in [0.05, 0.1) is 6.61 Å². The molecule has 0 fully saturated rings. The van der Waals surface area contributed by atoms with Gasteiger partial charge < -0.3 is 9.84 Å². The summed E-state index contributed by atoms with van der Waals surface area (Å²) in [7, 11) is 0. The quantitative estimate of drug-likeness (QED) is 0.534. The molecular weight excluding hydrogens is 92.1 g/mol. The van der Waals surface area contributed by atoms with E-state index in [1.54, 1.807) is 6.92 Å². The molecule has 7 heavy (non-hydrogen) atoms. The second kappa shape index (κ2) is 3.53. The highest BCUT2D eigenvalue weighted by molar-refractivity contribution is 4.74. The van der Waals surface area contributed by atoms with Crippen LogP contribution in [0, 0.1) is 0 Å². The largest absolute Gasteiger partial charge is 0.481 e. The standard InChI is InChI=1S/C5H10O2/c1-3-5(6)7-4-2/h3,6H,4H2,1-2H3/b5-3-. The number of hydrogen-bond donors (Lipinski definition) is 1. The van der Waals surface area contributed by atoms with E-state index in [0.29, 0.717) is 6.61 Å². The number of allylic oxidation sites excluding steroid dienone is 1. The van der Waals surface area contributed by atoms with Gasteiger partial charge >= 0.3 is 0 Å². The van der Waals surface area contributed by atoms with E-state index in [9.17, 15) is 0 Å². The molecule has 0 saturated heterocycles. The molecule has 0 aliphatic heterocycles. The third kappa shape index (κ3) is 3.16. The van der Waals surface area contributed by atoms with Crippen LogP contribution in [0.5, 0.6) is 0 Å².